The number of aromatic nitrogens is 3. The van der Waals surface area contributed by atoms with Gasteiger partial charge >= 0.3 is 6.03 Å². The molecule has 0 radical (unpaired) electrons. The first-order valence-electron chi connectivity index (χ1n) is 8.44. The Bertz CT molecular complexity index is 859. The van der Waals surface area contributed by atoms with E-state index in [0.717, 1.165) is 11.1 Å². The largest absolute Gasteiger partial charge is 0.334 e. The molecule has 0 saturated carbocycles. The summed E-state index contributed by atoms with van der Waals surface area (Å²) in [7, 11) is 0. The van der Waals surface area contributed by atoms with Crippen molar-refractivity contribution in [2.24, 2.45) is 0 Å². The predicted octanol–water partition coefficient (Wildman–Crippen LogP) is 4.14. The normalized spacial score (nSPS) is 12.0. The zero-order valence-electron chi connectivity index (χ0n) is 14.9. The number of carbonyl (C=O) groups excluding carboxylic acids is 1. The van der Waals surface area contributed by atoms with Gasteiger partial charge in [-0.3, -0.25) is 4.98 Å². The summed E-state index contributed by atoms with van der Waals surface area (Å²) in [6.07, 6.45) is 3.40. The molecule has 0 fully saturated rings. The van der Waals surface area contributed by atoms with Crippen LogP contribution in [0.2, 0.25) is 0 Å². The van der Waals surface area contributed by atoms with Crippen molar-refractivity contribution in [3.63, 3.8) is 0 Å². The van der Waals surface area contributed by atoms with Gasteiger partial charge in [0.1, 0.15) is 0 Å². The summed E-state index contributed by atoms with van der Waals surface area (Å²) in [6, 6.07) is 10.6. The molecule has 1 atom stereocenters. The fourth-order valence-corrected chi connectivity index (χ4v) is 2.38. The lowest BCUT2D eigenvalue weighted by Crippen LogP contribution is -2.31. The molecule has 7 nitrogen and oxygen atoms in total. The van der Waals surface area contributed by atoms with E-state index in [1.165, 1.54) is 0 Å². The molecule has 26 heavy (non-hydrogen) atoms. The highest BCUT2D eigenvalue weighted by Crippen LogP contribution is 2.22. The van der Waals surface area contributed by atoms with E-state index in [1.54, 1.807) is 24.5 Å². The van der Waals surface area contributed by atoms with E-state index in [1.807, 2.05) is 45.0 Å². The van der Waals surface area contributed by atoms with Gasteiger partial charge < -0.3 is 15.2 Å². The first-order valence-corrected chi connectivity index (χ1v) is 8.44. The molecule has 1 aromatic carbocycles. The molecule has 0 aliphatic carbocycles. The van der Waals surface area contributed by atoms with Crippen LogP contribution in [-0.2, 0) is 0 Å². The molecule has 0 spiro atoms. The lowest BCUT2D eigenvalue weighted by atomic mass is 10.1. The van der Waals surface area contributed by atoms with Crippen molar-refractivity contribution in [1.29, 1.82) is 0 Å². The van der Waals surface area contributed by atoms with Gasteiger partial charge in [0.05, 0.1) is 6.04 Å². The maximum Gasteiger partial charge on any atom is 0.319 e. The van der Waals surface area contributed by atoms with Gasteiger partial charge in [-0.2, -0.15) is 4.98 Å². The van der Waals surface area contributed by atoms with Gasteiger partial charge in [-0.1, -0.05) is 19.0 Å². The van der Waals surface area contributed by atoms with Crippen LogP contribution in [0.25, 0.3) is 11.5 Å². The van der Waals surface area contributed by atoms with Gasteiger partial charge in [0.25, 0.3) is 5.89 Å². The Morgan fingerprint density at radius 2 is 1.73 bits per heavy atom. The second kappa shape index (κ2) is 7.77. The van der Waals surface area contributed by atoms with E-state index in [2.05, 4.69) is 25.8 Å². The number of anilines is 1. The minimum Gasteiger partial charge on any atom is -0.334 e. The number of pyridine rings is 1. The van der Waals surface area contributed by atoms with E-state index in [-0.39, 0.29) is 18.0 Å². The maximum absolute atomic E-state index is 12.2. The lowest BCUT2D eigenvalue weighted by Gasteiger charge is -2.14. The van der Waals surface area contributed by atoms with E-state index in [4.69, 9.17) is 4.52 Å². The van der Waals surface area contributed by atoms with Crippen LogP contribution < -0.4 is 10.6 Å². The molecule has 2 heterocycles. The number of hydrogen-bond acceptors (Lipinski definition) is 5. The zero-order valence-corrected chi connectivity index (χ0v) is 14.9. The Morgan fingerprint density at radius 3 is 2.35 bits per heavy atom. The number of nitrogens with one attached hydrogen (secondary N) is 2. The highest BCUT2D eigenvalue weighted by Gasteiger charge is 2.12. The molecule has 0 aliphatic heterocycles. The average Bonchev–Trinajstić information content (AvgIpc) is 3.13. The van der Waals surface area contributed by atoms with Gasteiger partial charge in [0, 0.05) is 29.6 Å². The van der Waals surface area contributed by atoms with Crippen molar-refractivity contribution < 1.29 is 9.32 Å². The Hall–Kier alpha value is -3.22. The summed E-state index contributed by atoms with van der Waals surface area (Å²) < 4.78 is 5.27. The molecule has 2 N–H and O–H groups in total. The van der Waals surface area contributed by atoms with Crippen molar-refractivity contribution in [3.05, 3.63) is 60.2 Å². The number of nitrogens with zero attached hydrogens (tertiary/aromatic N) is 3. The molecule has 0 bridgehead atoms. The number of amides is 2. The van der Waals surface area contributed by atoms with E-state index in [9.17, 15) is 4.79 Å². The number of hydrogen-bond donors (Lipinski definition) is 2. The molecule has 7 heteroatoms. The topological polar surface area (TPSA) is 92.9 Å². The van der Waals surface area contributed by atoms with Crippen molar-refractivity contribution >= 4 is 11.7 Å². The van der Waals surface area contributed by atoms with Crippen LogP contribution in [0, 0.1) is 0 Å². The third-order valence-electron chi connectivity index (χ3n) is 3.90. The first kappa shape index (κ1) is 17.6. The summed E-state index contributed by atoms with van der Waals surface area (Å²) in [5, 5.41) is 9.65. The summed E-state index contributed by atoms with van der Waals surface area (Å²) in [4.78, 5) is 20.5. The highest BCUT2D eigenvalue weighted by molar-refractivity contribution is 5.89. The molecule has 2 amide bonds. The molecular formula is C19H21N5O2. The molecule has 2 aromatic heterocycles. The van der Waals surface area contributed by atoms with Crippen molar-refractivity contribution in [2.45, 2.75) is 32.7 Å². The van der Waals surface area contributed by atoms with Crippen LogP contribution in [0.1, 0.15) is 44.1 Å². The minimum atomic E-state index is -0.276. The molecule has 3 rings (SSSR count). The molecular weight excluding hydrogens is 330 g/mol. The monoisotopic (exact) mass is 351 g/mol. The number of benzene rings is 1. The summed E-state index contributed by atoms with van der Waals surface area (Å²) in [6.45, 7) is 5.93. The number of rotatable bonds is 5. The fraction of sp³-hybridized carbons (Fsp3) is 0.263. The van der Waals surface area contributed by atoms with Gasteiger partial charge in [-0.15, -0.1) is 0 Å². The number of carbonyl (C=O) groups is 1. The molecule has 3 aromatic rings. The molecule has 0 aliphatic rings. The maximum atomic E-state index is 12.2. The van der Waals surface area contributed by atoms with Gasteiger partial charge in [-0.25, -0.2) is 4.79 Å². The highest BCUT2D eigenvalue weighted by atomic mass is 16.5. The minimum absolute atomic E-state index is 0.120. The fourth-order valence-electron chi connectivity index (χ4n) is 2.38. The molecule has 134 valence electrons. The van der Waals surface area contributed by atoms with Crippen LogP contribution in [-0.4, -0.2) is 21.2 Å². The number of urea groups is 1. The zero-order chi connectivity index (χ0) is 18.5. The third-order valence-corrected chi connectivity index (χ3v) is 3.90. The average molecular weight is 351 g/mol. The third kappa shape index (κ3) is 4.24. The van der Waals surface area contributed by atoms with Crippen molar-refractivity contribution in [2.75, 3.05) is 5.32 Å². The Morgan fingerprint density at radius 1 is 1.04 bits per heavy atom. The van der Waals surface area contributed by atoms with Crippen LogP contribution >= 0.6 is 0 Å². The van der Waals surface area contributed by atoms with Crippen LogP contribution in [0.4, 0.5) is 10.5 Å². The first-order chi connectivity index (χ1) is 12.5. The van der Waals surface area contributed by atoms with Gasteiger partial charge in [0.2, 0.25) is 0 Å². The summed E-state index contributed by atoms with van der Waals surface area (Å²) in [5.74, 6) is 1.35. The SMILES string of the molecule is CC(C)c1noc(-c2ccc(NC(=O)NC(C)c3ccncc3)cc2)n1. The smallest absolute Gasteiger partial charge is 0.319 e. The van der Waals surface area contributed by atoms with Crippen molar-refractivity contribution in [1.82, 2.24) is 20.4 Å². The van der Waals surface area contributed by atoms with Crippen LogP contribution in [0.3, 0.4) is 0 Å². The van der Waals surface area contributed by atoms with Crippen molar-refractivity contribution in [3.8, 4) is 11.5 Å². The quantitative estimate of drug-likeness (QED) is 0.721. The second-order valence-electron chi connectivity index (χ2n) is 6.29. The van der Waals surface area contributed by atoms with Crippen LogP contribution in [0.15, 0.2) is 53.3 Å². The predicted molar refractivity (Wildman–Crippen MR) is 98.6 cm³/mol. The van der Waals surface area contributed by atoms with E-state index >= 15 is 0 Å². The van der Waals surface area contributed by atoms with Gasteiger partial charge in [0.15, 0.2) is 5.82 Å². The van der Waals surface area contributed by atoms with Gasteiger partial charge in [-0.05, 0) is 48.9 Å². The Kier molecular flexibility index (Phi) is 5.26. The standard InChI is InChI=1S/C19H21N5O2/c1-12(2)17-23-18(26-24-17)15-4-6-16(7-5-15)22-19(25)21-13(3)14-8-10-20-11-9-14/h4-13H,1-3H3,(H2,21,22,25). The Balaban J connectivity index is 1.60. The second-order valence-corrected chi connectivity index (χ2v) is 6.29. The molecule has 1 unspecified atom stereocenters. The summed E-state index contributed by atoms with van der Waals surface area (Å²) >= 11 is 0. The van der Waals surface area contributed by atoms with E-state index < -0.39 is 0 Å². The van der Waals surface area contributed by atoms with E-state index in [0.29, 0.717) is 17.4 Å². The molecule has 0 saturated heterocycles. The summed E-state index contributed by atoms with van der Waals surface area (Å²) in [5.41, 5.74) is 2.47. The lowest BCUT2D eigenvalue weighted by molar-refractivity contribution is 0.249. The Labute approximate surface area is 151 Å². The van der Waals surface area contributed by atoms with Crippen LogP contribution in [0.5, 0.6) is 0 Å².